The maximum absolute atomic E-state index is 5.75. The molecule has 4 nitrogen and oxygen atoms in total. The van der Waals surface area contributed by atoms with Gasteiger partial charge in [-0.05, 0) is 19.1 Å². The van der Waals surface area contributed by atoms with Crippen LogP contribution in [0.5, 0.6) is 5.75 Å². The Morgan fingerprint density at radius 1 is 1.50 bits per heavy atom. The van der Waals surface area contributed by atoms with Gasteiger partial charge in [-0.1, -0.05) is 18.2 Å². The van der Waals surface area contributed by atoms with Crippen molar-refractivity contribution in [3.63, 3.8) is 0 Å². The van der Waals surface area contributed by atoms with Gasteiger partial charge in [-0.2, -0.15) is 0 Å². The normalized spacial score (nSPS) is 21.1. The average molecular weight is 220 g/mol. The van der Waals surface area contributed by atoms with Gasteiger partial charge in [0.1, 0.15) is 12.4 Å². The molecule has 0 unspecified atom stereocenters. The van der Waals surface area contributed by atoms with Crippen molar-refractivity contribution in [1.82, 2.24) is 0 Å². The number of aliphatic imine (C=N–C) groups is 1. The van der Waals surface area contributed by atoms with E-state index < -0.39 is 0 Å². The molecule has 0 fully saturated rings. The molecule has 0 saturated heterocycles. The fourth-order valence-corrected chi connectivity index (χ4v) is 1.72. The number of nitrogens with two attached hydrogens (primary N) is 1. The van der Waals surface area contributed by atoms with E-state index >= 15 is 0 Å². The first-order chi connectivity index (χ1) is 7.74. The summed E-state index contributed by atoms with van der Waals surface area (Å²) in [7, 11) is 0. The zero-order valence-electron chi connectivity index (χ0n) is 9.30. The van der Waals surface area contributed by atoms with Gasteiger partial charge < -0.3 is 15.2 Å². The highest BCUT2D eigenvalue weighted by Crippen LogP contribution is 2.15. The van der Waals surface area contributed by atoms with Crippen LogP contribution in [-0.2, 0) is 4.74 Å². The van der Waals surface area contributed by atoms with Crippen molar-refractivity contribution in [1.29, 1.82) is 0 Å². The Morgan fingerprint density at radius 2 is 2.25 bits per heavy atom. The molecule has 1 aliphatic heterocycles. The molecular weight excluding hydrogens is 204 g/mol. The molecule has 0 bridgehead atoms. The van der Waals surface area contributed by atoms with Gasteiger partial charge >= 0.3 is 0 Å². The van der Waals surface area contributed by atoms with Gasteiger partial charge in [0.15, 0.2) is 0 Å². The van der Waals surface area contributed by atoms with Crippen LogP contribution in [0, 0.1) is 0 Å². The number of para-hydroxylation sites is 1. The van der Waals surface area contributed by atoms with Crippen molar-refractivity contribution in [2.24, 2.45) is 10.7 Å². The second-order valence-electron chi connectivity index (χ2n) is 3.91. The SMILES string of the molecule is C[C@@H](C[C@@H]1COC(N)=N1)Oc1ccccc1. The van der Waals surface area contributed by atoms with E-state index in [2.05, 4.69) is 4.99 Å². The van der Waals surface area contributed by atoms with Crippen LogP contribution in [0.3, 0.4) is 0 Å². The van der Waals surface area contributed by atoms with Crippen molar-refractivity contribution >= 4 is 6.02 Å². The molecule has 0 aliphatic carbocycles. The molecule has 1 aromatic rings. The first-order valence-electron chi connectivity index (χ1n) is 5.42. The van der Waals surface area contributed by atoms with Crippen LogP contribution in [-0.4, -0.2) is 24.8 Å². The lowest BCUT2D eigenvalue weighted by Gasteiger charge is -2.16. The maximum atomic E-state index is 5.75. The summed E-state index contributed by atoms with van der Waals surface area (Å²) in [5.41, 5.74) is 5.44. The third-order valence-corrected chi connectivity index (χ3v) is 2.42. The molecule has 0 amide bonds. The molecule has 2 rings (SSSR count). The van der Waals surface area contributed by atoms with E-state index in [0.29, 0.717) is 6.61 Å². The summed E-state index contributed by atoms with van der Waals surface area (Å²) in [6.07, 6.45) is 0.918. The lowest BCUT2D eigenvalue weighted by Crippen LogP contribution is -2.20. The van der Waals surface area contributed by atoms with Crippen molar-refractivity contribution in [2.45, 2.75) is 25.5 Å². The van der Waals surface area contributed by atoms with Gasteiger partial charge in [0.05, 0.1) is 12.1 Å². The molecule has 0 aromatic heterocycles. The molecule has 86 valence electrons. The smallest absolute Gasteiger partial charge is 0.282 e. The van der Waals surface area contributed by atoms with Crippen LogP contribution >= 0.6 is 0 Å². The van der Waals surface area contributed by atoms with E-state index in [9.17, 15) is 0 Å². The number of nitrogens with zero attached hydrogens (tertiary/aromatic N) is 1. The van der Waals surface area contributed by atoms with Gasteiger partial charge in [-0.15, -0.1) is 0 Å². The van der Waals surface area contributed by atoms with Gasteiger partial charge in [0.2, 0.25) is 0 Å². The van der Waals surface area contributed by atoms with E-state index in [4.69, 9.17) is 15.2 Å². The number of hydrogen-bond acceptors (Lipinski definition) is 4. The van der Waals surface area contributed by atoms with Gasteiger partial charge in [-0.25, -0.2) is 4.99 Å². The predicted molar refractivity (Wildman–Crippen MR) is 62.5 cm³/mol. The zero-order valence-corrected chi connectivity index (χ0v) is 9.30. The molecule has 4 heteroatoms. The number of ether oxygens (including phenoxy) is 2. The molecule has 0 saturated carbocycles. The molecule has 0 spiro atoms. The first-order valence-corrected chi connectivity index (χ1v) is 5.42. The molecule has 1 heterocycles. The maximum Gasteiger partial charge on any atom is 0.282 e. The van der Waals surface area contributed by atoms with E-state index in [1.54, 1.807) is 0 Å². The summed E-state index contributed by atoms with van der Waals surface area (Å²) < 4.78 is 10.8. The Kier molecular flexibility index (Phi) is 3.29. The zero-order chi connectivity index (χ0) is 11.4. The van der Waals surface area contributed by atoms with Gasteiger partial charge in [0, 0.05) is 6.42 Å². The average Bonchev–Trinajstić information content (AvgIpc) is 2.65. The highest BCUT2D eigenvalue weighted by atomic mass is 16.5. The lowest BCUT2D eigenvalue weighted by atomic mass is 10.1. The molecule has 0 radical (unpaired) electrons. The molecule has 16 heavy (non-hydrogen) atoms. The quantitative estimate of drug-likeness (QED) is 0.837. The minimum absolute atomic E-state index is 0.102. The van der Waals surface area contributed by atoms with Crippen molar-refractivity contribution in [3.05, 3.63) is 30.3 Å². The third kappa shape index (κ3) is 2.89. The summed E-state index contributed by atoms with van der Waals surface area (Å²) in [5.74, 6) is 0.880. The highest BCUT2D eigenvalue weighted by Gasteiger charge is 2.20. The minimum Gasteiger partial charge on any atom is -0.491 e. The summed E-state index contributed by atoms with van der Waals surface area (Å²) in [5, 5.41) is 0. The van der Waals surface area contributed by atoms with Crippen molar-refractivity contribution < 1.29 is 9.47 Å². The fourth-order valence-electron chi connectivity index (χ4n) is 1.72. The van der Waals surface area contributed by atoms with Crippen LogP contribution in [0.15, 0.2) is 35.3 Å². The number of hydrogen-bond donors (Lipinski definition) is 1. The fraction of sp³-hybridized carbons (Fsp3) is 0.417. The summed E-state index contributed by atoms with van der Waals surface area (Å²) >= 11 is 0. The van der Waals surface area contributed by atoms with E-state index in [0.717, 1.165) is 12.2 Å². The summed E-state index contributed by atoms with van der Waals surface area (Å²) in [4.78, 5) is 4.16. The predicted octanol–water partition coefficient (Wildman–Crippen LogP) is 1.56. The second-order valence-corrected chi connectivity index (χ2v) is 3.91. The molecule has 2 N–H and O–H groups in total. The van der Waals surface area contributed by atoms with E-state index in [-0.39, 0.29) is 18.2 Å². The standard InChI is InChI=1S/C12H16N2O2/c1-9(7-10-8-15-12(13)14-10)16-11-5-3-2-4-6-11/h2-6,9-10H,7-8H2,1H3,(H2,13,14)/t9-,10+/m0/s1. The van der Waals surface area contributed by atoms with Crippen LogP contribution in [0.1, 0.15) is 13.3 Å². The molecule has 1 aliphatic rings. The largest absolute Gasteiger partial charge is 0.491 e. The summed E-state index contributed by atoms with van der Waals surface area (Å²) in [6.45, 7) is 2.59. The Bertz CT molecular complexity index is 365. The van der Waals surface area contributed by atoms with Crippen LogP contribution in [0.4, 0.5) is 0 Å². The second kappa shape index (κ2) is 4.88. The molecule has 1 aromatic carbocycles. The van der Waals surface area contributed by atoms with Crippen molar-refractivity contribution in [3.8, 4) is 5.75 Å². The topological polar surface area (TPSA) is 56.8 Å². The Morgan fingerprint density at radius 3 is 2.88 bits per heavy atom. The first kappa shape index (κ1) is 10.8. The Labute approximate surface area is 95.1 Å². The monoisotopic (exact) mass is 220 g/mol. The molecule has 2 atom stereocenters. The number of rotatable bonds is 4. The molecular formula is C12H16N2O2. The third-order valence-electron chi connectivity index (χ3n) is 2.42. The van der Waals surface area contributed by atoms with Gasteiger partial charge in [-0.3, -0.25) is 0 Å². The van der Waals surface area contributed by atoms with E-state index in [1.165, 1.54) is 0 Å². The number of benzene rings is 1. The van der Waals surface area contributed by atoms with Crippen LogP contribution < -0.4 is 10.5 Å². The van der Waals surface area contributed by atoms with E-state index in [1.807, 2.05) is 37.3 Å². The Balaban J connectivity index is 1.83. The van der Waals surface area contributed by atoms with Crippen LogP contribution in [0.2, 0.25) is 0 Å². The Hall–Kier alpha value is -1.71. The minimum atomic E-state index is 0.102. The van der Waals surface area contributed by atoms with Gasteiger partial charge in [0.25, 0.3) is 6.02 Å². The number of amidine groups is 1. The van der Waals surface area contributed by atoms with Crippen LogP contribution in [0.25, 0.3) is 0 Å². The highest BCUT2D eigenvalue weighted by molar-refractivity contribution is 5.72. The van der Waals surface area contributed by atoms with Crippen molar-refractivity contribution in [2.75, 3.05) is 6.61 Å². The lowest BCUT2D eigenvalue weighted by molar-refractivity contribution is 0.189. The summed E-state index contributed by atoms with van der Waals surface area (Å²) in [6, 6.07) is 10.2.